The molecule has 124 valence electrons. The Morgan fingerprint density at radius 2 is 1.91 bits per heavy atom. The molecule has 0 bridgehead atoms. The number of rotatable bonds is 10. The van der Waals surface area contributed by atoms with Crippen LogP contribution in [-0.4, -0.2) is 51.5 Å². The summed E-state index contributed by atoms with van der Waals surface area (Å²) in [6, 6.07) is 8.12. The number of amides is 1. The molecule has 1 aromatic rings. The monoisotopic (exact) mass is 328 g/mol. The van der Waals surface area contributed by atoms with Gasteiger partial charge in [-0.2, -0.15) is 4.31 Å². The van der Waals surface area contributed by atoms with E-state index in [-0.39, 0.29) is 23.9 Å². The zero-order chi connectivity index (χ0) is 16.4. The van der Waals surface area contributed by atoms with Crippen molar-refractivity contribution in [1.82, 2.24) is 9.62 Å². The Balaban J connectivity index is 2.56. The van der Waals surface area contributed by atoms with Gasteiger partial charge in [0, 0.05) is 26.3 Å². The molecule has 0 radical (unpaired) electrons. The van der Waals surface area contributed by atoms with E-state index in [0.717, 1.165) is 0 Å². The average molecular weight is 328 g/mol. The van der Waals surface area contributed by atoms with Crippen LogP contribution in [0.3, 0.4) is 0 Å². The van der Waals surface area contributed by atoms with Crippen molar-refractivity contribution in [2.75, 3.05) is 32.8 Å². The van der Waals surface area contributed by atoms with E-state index in [1.54, 1.807) is 25.1 Å². The van der Waals surface area contributed by atoms with Gasteiger partial charge in [0.15, 0.2) is 0 Å². The summed E-state index contributed by atoms with van der Waals surface area (Å²) in [5.41, 5.74) is 0. The third-order valence-electron chi connectivity index (χ3n) is 3.05. The zero-order valence-corrected chi connectivity index (χ0v) is 13.9. The first-order chi connectivity index (χ1) is 10.5. The summed E-state index contributed by atoms with van der Waals surface area (Å²) in [5, 5.41) is 2.70. The van der Waals surface area contributed by atoms with Crippen molar-refractivity contribution in [3.8, 4) is 0 Å². The molecule has 1 rings (SSSR count). The van der Waals surface area contributed by atoms with E-state index in [0.29, 0.717) is 26.2 Å². The predicted octanol–water partition coefficient (Wildman–Crippen LogP) is 1.24. The Labute approximate surface area is 132 Å². The van der Waals surface area contributed by atoms with Crippen LogP contribution < -0.4 is 5.32 Å². The minimum absolute atomic E-state index is 0.178. The minimum Gasteiger partial charge on any atom is -0.382 e. The van der Waals surface area contributed by atoms with Gasteiger partial charge in [0.25, 0.3) is 0 Å². The van der Waals surface area contributed by atoms with E-state index in [2.05, 4.69) is 5.32 Å². The summed E-state index contributed by atoms with van der Waals surface area (Å²) in [5.74, 6) is -0.308. The summed E-state index contributed by atoms with van der Waals surface area (Å²) >= 11 is 0. The quantitative estimate of drug-likeness (QED) is 0.656. The first kappa shape index (κ1) is 18.6. The van der Waals surface area contributed by atoms with E-state index in [1.807, 2.05) is 6.92 Å². The number of carbonyl (C=O) groups excluding carboxylic acids is 1. The Kier molecular flexibility index (Phi) is 8.08. The fraction of sp³-hybridized carbons (Fsp3) is 0.533. The number of nitrogens with zero attached hydrogens (tertiary/aromatic N) is 1. The van der Waals surface area contributed by atoms with Crippen molar-refractivity contribution in [3.05, 3.63) is 30.3 Å². The van der Waals surface area contributed by atoms with Crippen LogP contribution in [0, 0.1) is 0 Å². The topological polar surface area (TPSA) is 75.7 Å². The first-order valence-electron chi connectivity index (χ1n) is 7.42. The molecule has 0 saturated carbocycles. The second kappa shape index (κ2) is 9.55. The van der Waals surface area contributed by atoms with Crippen LogP contribution in [0.4, 0.5) is 0 Å². The summed E-state index contributed by atoms with van der Waals surface area (Å²) in [7, 11) is -3.64. The van der Waals surface area contributed by atoms with E-state index in [9.17, 15) is 13.2 Å². The molecule has 22 heavy (non-hydrogen) atoms. The van der Waals surface area contributed by atoms with E-state index >= 15 is 0 Å². The Bertz CT molecular complexity index is 546. The van der Waals surface area contributed by atoms with Gasteiger partial charge in [-0.3, -0.25) is 4.79 Å². The first-order valence-corrected chi connectivity index (χ1v) is 8.86. The Morgan fingerprint density at radius 1 is 1.23 bits per heavy atom. The van der Waals surface area contributed by atoms with Crippen LogP contribution in [0.1, 0.15) is 20.3 Å². The van der Waals surface area contributed by atoms with E-state index in [4.69, 9.17) is 4.74 Å². The number of carbonyl (C=O) groups is 1. The Morgan fingerprint density at radius 3 is 2.50 bits per heavy atom. The van der Waals surface area contributed by atoms with Crippen LogP contribution >= 0.6 is 0 Å². The highest BCUT2D eigenvalue weighted by atomic mass is 32.2. The van der Waals surface area contributed by atoms with Crippen molar-refractivity contribution < 1.29 is 17.9 Å². The van der Waals surface area contributed by atoms with Crippen molar-refractivity contribution in [1.29, 1.82) is 0 Å². The van der Waals surface area contributed by atoms with Gasteiger partial charge >= 0.3 is 0 Å². The maximum Gasteiger partial charge on any atom is 0.243 e. The van der Waals surface area contributed by atoms with Crippen LogP contribution in [-0.2, 0) is 19.6 Å². The third-order valence-corrected chi connectivity index (χ3v) is 4.98. The molecule has 0 saturated heterocycles. The highest BCUT2D eigenvalue weighted by molar-refractivity contribution is 7.89. The number of ether oxygens (including phenoxy) is 1. The molecule has 0 aromatic heterocycles. The van der Waals surface area contributed by atoms with Gasteiger partial charge in [-0.25, -0.2) is 8.42 Å². The number of nitrogens with one attached hydrogen (secondary N) is 1. The lowest BCUT2D eigenvalue weighted by Gasteiger charge is -2.20. The lowest BCUT2D eigenvalue weighted by molar-refractivity contribution is -0.121. The van der Waals surface area contributed by atoms with Gasteiger partial charge in [-0.15, -0.1) is 0 Å². The molecule has 0 aliphatic rings. The van der Waals surface area contributed by atoms with Crippen molar-refractivity contribution >= 4 is 15.9 Å². The minimum atomic E-state index is -3.64. The average Bonchev–Trinajstić information content (AvgIpc) is 2.53. The number of sulfonamides is 1. The lowest BCUT2D eigenvalue weighted by atomic mass is 10.4. The highest BCUT2D eigenvalue weighted by Gasteiger charge is 2.24. The molecule has 0 unspecified atom stereocenters. The van der Waals surface area contributed by atoms with Gasteiger partial charge < -0.3 is 10.1 Å². The fourth-order valence-corrected chi connectivity index (χ4v) is 3.30. The number of benzene rings is 1. The van der Waals surface area contributed by atoms with Crippen LogP contribution in [0.15, 0.2) is 35.2 Å². The summed E-state index contributed by atoms with van der Waals surface area (Å²) in [4.78, 5) is 12.1. The van der Waals surface area contributed by atoms with Gasteiger partial charge in [-0.05, 0) is 25.5 Å². The normalized spacial score (nSPS) is 11.6. The van der Waals surface area contributed by atoms with Gasteiger partial charge in [0.05, 0.1) is 11.4 Å². The molecule has 1 N–H and O–H groups in total. The molecule has 1 amide bonds. The van der Waals surface area contributed by atoms with Crippen LogP contribution in [0.5, 0.6) is 0 Å². The molecule has 6 nitrogen and oxygen atoms in total. The SMILES string of the molecule is CCOCCCNC(=O)CN(CC)S(=O)(=O)c1ccccc1. The molecular weight excluding hydrogens is 304 g/mol. The second-order valence-electron chi connectivity index (χ2n) is 4.64. The van der Waals surface area contributed by atoms with Gasteiger partial charge in [0.2, 0.25) is 15.9 Å². The number of hydrogen-bond acceptors (Lipinski definition) is 4. The maximum atomic E-state index is 12.4. The molecular formula is C15H24N2O4S. The standard InChI is InChI=1S/C15H24N2O4S/c1-3-17(13-15(18)16-11-8-12-21-4-2)22(19,20)14-9-6-5-7-10-14/h5-7,9-10H,3-4,8,11-13H2,1-2H3,(H,16,18). The van der Waals surface area contributed by atoms with Gasteiger partial charge in [0.1, 0.15) is 0 Å². The van der Waals surface area contributed by atoms with Crippen LogP contribution in [0.2, 0.25) is 0 Å². The largest absolute Gasteiger partial charge is 0.382 e. The molecule has 0 spiro atoms. The molecule has 0 heterocycles. The summed E-state index contributed by atoms with van der Waals surface area (Å²) < 4.78 is 31.2. The molecule has 7 heteroatoms. The maximum absolute atomic E-state index is 12.4. The molecule has 0 atom stereocenters. The predicted molar refractivity (Wildman–Crippen MR) is 85.0 cm³/mol. The van der Waals surface area contributed by atoms with Crippen LogP contribution in [0.25, 0.3) is 0 Å². The fourth-order valence-electron chi connectivity index (χ4n) is 1.87. The molecule has 0 fully saturated rings. The molecule has 0 aliphatic heterocycles. The number of hydrogen-bond donors (Lipinski definition) is 1. The molecule has 0 aliphatic carbocycles. The van der Waals surface area contributed by atoms with Crippen molar-refractivity contribution in [2.24, 2.45) is 0 Å². The van der Waals surface area contributed by atoms with Gasteiger partial charge in [-0.1, -0.05) is 25.1 Å². The summed E-state index contributed by atoms with van der Waals surface area (Å²) in [6.45, 7) is 5.38. The smallest absolute Gasteiger partial charge is 0.243 e. The second-order valence-corrected chi connectivity index (χ2v) is 6.58. The zero-order valence-electron chi connectivity index (χ0n) is 13.1. The van der Waals surface area contributed by atoms with Crippen molar-refractivity contribution in [3.63, 3.8) is 0 Å². The Hall–Kier alpha value is -1.44. The molecule has 1 aromatic carbocycles. The summed E-state index contributed by atoms with van der Waals surface area (Å²) in [6.07, 6.45) is 0.705. The van der Waals surface area contributed by atoms with E-state index < -0.39 is 10.0 Å². The highest BCUT2D eigenvalue weighted by Crippen LogP contribution is 2.14. The third kappa shape index (κ3) is 5.75. The van der Waals surface area contributed by atoms with Crippen molar-refractivity contribution in [2.45, 2.75) is 25.2 Å². The lowest BCUT2D eigenvalue weighted by Crippen LogP contribution is -2.40. The number of likely N-dealkylation sites (N-methyl/N-ethyl adjacent to an activating group) is 1. The van der Waals surface area contributed by atoms with E-state index in [1.165, 1.54) is 16.4 Å².